The zero-order chi connectivity index (χ0) is 12.5. The van der Waals surface area contributed by atoms with Crippen LogP contribution >= 0.6 is 11.6 Å². The van der Waals surface area contributed by atoms with Crippen LogP contribution in [0.5, 0.6) is 0 Å². The largest absolute Gasteiger partial charge is 0.339 e. The molecule has 0 aliphatic carbocycles. The van der Waals surface area contributed by atoms with E-state index in [1.807, 2.05) is 0 Å². The van der Waals surface area contributed by atoms with Gasteiger partial charge in [0, 0.05) is 13.2 Å². The third kappa shape index (κ3) is 2.71. The van der Waals surface area contributed by atoms with Crippen LogP contribution in [0.2, 0.25) is 5.15 Å². The topological polar surface area (TPSA) is 89.8 Å². The Morgan fingerprint density at radius 1 is 1.41 bits per heavy atom. The van der Waals surface area contributed by atoms with Gasteiger partial charge in [0.1, 0.15) is 5.15 Å². The number of anilines is 1. The first-order valence-electron chi connectivity index (χ1n) is 4.46. The van der Waals surface area contributed by atoms with Gasteiger partial charge in [0.05, 0.1) is 18.7 Å². The fraction of sp³-hybridized carbons (Fsp3) is 0.125. The molecule has 2 heterocycles. The van der Waals surface area contributed by atoms with E-state index >= 15 is 0 Å². The van der Waals surface area contributed by atoms with Gasteiger partial charge in [-0.25, -0.2) is 9.97 Å². The summed E-state index contributed by atoms with van der Waals surface area (Å²) in [4.78, 5) is 11.2. The molecule has 2 aromatic rings. The van der Waals surface area contributed by atoms with Gasteiger partial charge in [-0.2, -0.15) is 8.42 Å². The summed E-state index contributed by atoms with van der Waals surface area (Å²) in [6.45, 7) is 0. The smallest absolute Gasteiger partial charge is 0.282 e. The normalized spacial score (nSPS) is 11.4. The SMILES string of the molecule is Cn1cnc(S(=O)(=O)Nc2cncc(Cl)n2)c1. The molecule has 0 aliphatic heterocycles. The molecule has 7 nitrogen and oxygen atoms in total. The molecule has 0 aromatic carbocycles. The number of imidazole rings is 1. The summed E-state index contributed by atoms with van der Waals surface area (Å²) in [5.74, 6) is 0.0446. The Labute approximate surface area is 103 Å². The summed E-state index contributed by atoms with van der Waals surface area (Å²) in [6, 6.07) is 0. The number of nitrogens with zero attached hydrogens (tertiary/aromatic N) is 4. The van der Waals surface area contributed by atoms with Crippen LogP contribution in [0.4, 0.5) is 5.82 Å². The maximum absolute atomic E-state index is 11.8. The highest BCUT2D eigenvalue weighted by molar-refractivity contribution is 7.92. The van der Waals surface area contributed by atoms with E-state index < -0.39 is 10.0 Å². The van der Waals surface area contributed by atoms with Crippen LogP contribution in [0.1, 0.15) is 0 Å². The van der Waals surface area contributed by atoms with Crippen LogP contribution in [0, 0.1) is 0 Å². The Balaban J connectivity index is 2.29. The van der Waals surface area contributed by atoms with E-state index in [4.69, 9.17) is 11.6 Å². The number of nitrogens with one attached hydrogen (secondary N) is 1. The highest BCUT2D eigenvalue weighted by Crippen LogP contribution is 2.12. The second kappa shape index (κ2) is 4.30. The number of aromatic nitrogens is 4. The quantitative estimate of drug-likeness (QED) is 0.887. The van der Waals surface area contributed by atoms with E-state index in [-0.39, 0.29) is 16.0 Å². The average molecular weight is 274 g/mol. The summed E-state index contributed by atoms with van der Waals surface area (Å²) in [6.07, 6.45) is 5.32. The average Bonchev–Trinajstić information content (AvgIpc) is 2.65. The van der Waals surface area contributed by atoms with Crippen LogP contribution in [0.25, 0.3) is 0 Å². The molecule has 0 unspecified atom stereocenters. The molecule has 90 valence electrons. The molecule has 17 heavy (non-hydrogen) atoms. The Hall–Kier alpha value is -1.67. The molecule has 0 amide bonds. The van der Waals surface area contributed by atoms with Crippen molar-refractivity contribution in [3.8, 4) is 0 Å². The van der Waals surface area contributed by atoms with Crippen molar-refractivity contribution < 1.29 is 8.42 Å². The predicted molar refractivity (Wildman–Crippen MR) is 61.1 cm³/mol. The summed E-state index contributed by atoms with van der Waals surface area (Å²) >= 11 is 5.60. The van der Waals surface area contributed by atoms with E-state index in [2.05, 4.69) is 19.7 Å². The minimum Gasteiger partial charge on any atom is -0.339 e. The predicted octanol–water partition coefficient (Wildman–Crippen LogP) is 0.664. The molecule has 0 radical (unpaired) electrons. The summed E-state index contributed by atoms with van der Waals surface area (Å²) in [5.41, 5.74) is 0. The molecule has 0 saturated carbocycles. The van der Waals surface area contributed by atoms with Crippen LogP contribution < -0.4 is 4.72 Å². The van der Waals surface area contributed by atoms with Crippen molar-refractivity contribution in [2.45, 2.75) is 5.03 Å². The lowest BCUT2D eigenvalue weighted by Crippen LogP contribution is -2.14. The third-order valence-electron chi connectivity index (χ3n) is 1.80. The number of aryl methyl sites for hydroxylation is 1. The molecular formula is C8H8ClN5O2S. The van der Waals surface area contributed by atoms with Gasteiger partial charge in [0.15, 0.2) is 10.8 Å². The van der Waals surface area contributed by atoms with Gasteiger partial charge in [-0.05, 0) is 0 Å². The van der Waals surface area contributed by atoms with Crippen molar-refractivity contribution in [2.75, 3.05) is 4.72 Å². The lowest BCUT2D eigenvalue weighted by molar-refractivity contribution is 0.598. The summed E-state index contributed by atoms with van der Waals surface area (Å²) in [5, 5.41) is 0.00740. The van der Waals surface area contributed by atoms with E-state index in [1.165, 1.54) is 29.5 Å². The number of hydrogen-bond acceptors (Lipinski definition) is 5. The summed E-state index contributed by atoms with van der Waals surface area (Å²) < 4.78 is 27.4. The fourth-order valence-electron chi connectivity index (χ4n) is 1.11. The maximum Gasteiger partial charge on any atom is 0.282 e. The first-order valence-corrected chi connectivity index (χ1v) is 6.32. The van der Waals surface area contributed by atoms with E-state index in [0.717, 1.165) is 0 Å². The number of rotatable bonds is 3. The molecule has 0 spiro atoms. The van der Waals surface area contributed by atoms with Crippen LogP contribution in [0.15, 0.2) is 29.9 Å². The Morgan fingerprint density at radius 3 is 2.76 bits per heavy atom. The van der Waals surface area contributed by atoms with E-state index in [0.29, 0.717) is 0 Å². The molecule has 2 rings (SSSR count). The van der Waals surface area contributed by atoms with Crippen LogP contribution in [-0.2, 0) is 17.1 Å². The van der Waals surface area contributed by atoms with Crippen molar-refractivity contribution in [1.29, 1.82) is 0 Å². The highest BCUT2D eigenvalue weighted by Gasteiger charge is 2.17. The molecule has 0 bridgehead atoms. The fourth-order valence-corrected chi connectivity index (χ4v) is 2.23. The minimum atomic E-state index is -3.75. The zero-order valence-corrected chi connectivity index (χ0v) is 10.3. The monoisotopic (exact) mass is 273 g/mol. The first kappa shape index (κ1) is 11.8. The van der Waals surface area contributed by atoms with Crippen LogP contribution in [-0.4, -0.2) is 27.9 Å². The van der Waals surface area contributed by atoms with Gasteiger partial charge in [-0.3, -0.25) is 9.71 Å². The highest BCUT2D eigenvalue weighted by atomic mass is 35.5. The van der Waals surface area contributed by atoms with Crippen molar-refractivity contribution >= 4 is 27.4 Å². The van der Waals surface area contributed by atoms with Gasteiger partial charge in [-0.1, -0.05) is 11.6 Å². The number of halogens is 1. The van der Waals surface area contributed by atoms with Gasteiger partial charge in [0.25, 0.3) is 10.0 Å². The molecule has 2 aromatic heterocycles. The van der Waals surface area contributed by atoms with Gasteiger partial charge in [0.2, 0.25) is 0 Å². The molecule has 0 atom stereocenters. The first-order chi connectivity index (χ1) is 7.97. The van der Waals surface area contributed by atoms with Gasteiger partial charge < -0.3 is 4.57 Å². The molecular weight excluding hydrogens is 266 g/mol. The van der Waals surface area contributed by atoms with Gasteiger partial charge in [-0.15, -0.1) is 0 Å². The lowest BCUT2D eigenvalue weighted by Gasteiger charge is -2.03. The lowest BCUT2D eigenvalue weighted by atomic mass is 10.7. The molecule has 1 N–H and O–H groups in total. The second-order valence-corrected chi connectivity index (χ2v) is 5.23. The zero-order valence-electron chi connectivity index (χ0n) is 8.70. The molecule has 0 aliphatic rings. The van der Waals surface area contributed by atoms with Crippen LogP contribution in [0.3, 0.4) is 0 Å². The van der Waals surface area contributed by atoms with Crippen molar-refractivity contribution in [2.24, 2.45) is 7.05 Å². The van der Waals surface area contributed by atoms with E-state index in [1.54, 1.807) is 7.05 Å². The van der Waals surface area contributed by atoms with Crippen molar-refractivity contribution in [3.05, 3.63) is 30.1 Å². The molecule has 9 heteroatoms. The summed E-state index contributed by atoms with van der Waals surface area (Å²) in [7, 11) is -2.08. The van der Waals surface area contributed by atoms with Crippen molar-refractivity contribution in [1.82, 2.24) is 19.5 Å². The molecule has 0 saturated heterocycles. The number of hydrogen-bond donors (Lipinski definition) is 1. The minimum absolute atomic E-state index is 0.0446. The maximum atomic E-state index is 11.8. The second-order valence-electron chi connectivity index (χ2n) is 3.21. The number of sulfonamides is 1. The Kier molecular flexibility index (Phi) is 2.99. The van der Waals surface area contributed by atoms with E-state index in [9.17, 15) is 8.42 Å². The standard InChI is InChI=1S/C8H8ClN5O2S/c1-14-4-8(11-5-14)17(15,16)13-7-3-10-2-6(9)12-7/h2-5H,1H3,(H,12,13). The Bertz CT molecular complexity index is 639. The third-order valence-corrected chi connectivity index (χ3v) is 3.22. The Morgan fingerprint density at radius 2 is 2.18 bits per heavy atom. The van der Waals surface area contributed by atoms with Crippen molar-refractivity contribution in [3.63, 3.8) is 0 Å². The molecule has 0 fully saturated rings. The van der Waals surface area contributed by atoms with Gasteiger partial charge >= 0.3 is 0 Å².